The molecule has 19 heavy (non-hydrogen) atoms. The van der Waals surface area contributed by atoms with Gasteiger partial charge in [-0.15, -0.1) is 0 Å². The molecule has 106 valence electrons. The van der Waals surface area contributed by atoms with Crippen molar-refractivity contribution in [3.05, 3.63) is 29.8 Å². The van der Waals surface area contributed by atoms with Crippen LogP contribution in [0.5, 0.6) is 0 Å². The molecule has 0 heterocycles. The van der Waals surface area contributed by atoms with Crippen molar-refractivity contribution < 1.29 is 8.42 Å². The zero-order chi connectivity index (χ0) is 13.9. The lowest BCUT2D eigenvalue weighted by atomic mass is 10.2. The fourth-order valence-electron chi connectivity index (χ4n) is 1.99. The number of rotatable bonds is 7. The fraction of sp³-hybridized carbons (Fsp3) is 0.571. The van der Waals surface area contributed by atoms with Crippen LogP contribution in [0.3, 0.4) is 0 Å². The summed E-state index contributed by atoms with van der Waals surface area (Å²) in [5, 5.41) is 3.22. The van der Waals surface area contributed by atoms with Crippen LogP contribution in [-0.2, 0) is 16.6 Å². The van der Waals surface area contributed by atoms with E-state index in [1.54, 1.807) is 19.2 Å². The topological polar surface area (TPSA) is 49.4 Å². The van der Waals surface area contributed by atoms with Gasteiger partial charge >= 0.3 is 0 Å². The number of benzene rings is 1. The highest BCUT2D eigenvalue weighted by atomic mass is 32.2. The van der Waals surface area contributed by atoms with Gasteiger partial charge in [-0.1, -0.05) is 19.1 Å². The summed E-state index contributed by atoms with van der Waals surface area (Å²) in [5.41, 5.74) is 1.10. The largest absolute Gasteiger partial charge is 0.313 e. The molecule has 0 spiro atoms. The van der Waals surface area contributed by atoms with Gasteiger partial charge in [0.1, 0.15) is 0 Å². The van der Waals surface area contributed by atoms with E-state index in [0.717, 1.165) is 31.5 Å². The number of sulfonamides is 1. The van der Waals surface area contributed by atoms with Crippen LogP contribution in [-0.4, -0.2) is 32.9 Å². The summed E-state index contributed by atoms with van der Waals surface area (Å²) in [6.07, 6.45) is 2.31. The summed E-state index contributed by atoms with van der Waals surface area (Å²) in [4.78, 5) is 0.385. The van der Waals surface area contributed by atoms with E-state index in [1.165, 1.54) is 4.31 Å². The highest BCUT2D eigenvalue weighted by molar-refractivity contribution is 7.89. The Hall–Kier alpha value is -0.910. The second kappa shape index (κ2) is 6.03. The van der Waals surface area contributed by atoms with E-state index in [9.17, 15) is 8.42 Å². The minimum absolute atomic E-state index is 0.385. The summed E-state index contributed by atoms with van der Waals surface area (Å²) >= 11 is 0. The third kappa shape index (κ3) is 3.78. The summed E-state index contributed by atoms with van der Waals surface area (Å²) in [6, 6.07) is 7.15. The second-order valence-electron chi connectivity index (χ2n) is 5.15. The molecule has 1 saturated carbocycles. The van der Waals surface area contributed by atoms with Gasteiger partial charge in [0, 0.05) is 20.1 Å². The molecule has 0 saturated heterocycles. The zero-order valence-electron chi connectivity index (χ0n) is 11.6. The van der Waals surface area contributed by atoms with Gasteiger partial charge in [0.15, 0.2) is 0 Å². The molecule has 0 atom stereocenters. The van der Waals surface area contributed by atoms with Gasteiger partial charge in [0.05, 0.1) is 4.90 Å². The van der Waals surface area contributed by atoms with E-state index < -0.39 is 10.0 Å². The monoisotopic (exact) mass is 282 g/mol. The quantitative estimate of drug-likeness (QED) is 0.830. The van der Waals surface area contributed by atoms with Gasteiger partial charge in [-0.3, -0.25) is 0 Å². The Kier molecular flexibility index (Phi) is 4.60. The SMILES string of the molecule is CCNCc1ccc(S(=O)(=O)N(C)CC2CC2)cc1. The maximum absolute atomic E-state index is 12.3. The highest BCUT2D eigenvalue weighted by Gasteiger charge is 2.28. The van der Waals surface area contributed by atoms with Crippen LogP contribution >= 0.6 is 0 Å². The minimum atomic E-state index is -3.32. The van der Waals surface area contributed by atoms with Crippen LogP contribution < -0.4 is 5.32 Å². The van der Waals surface area contributed by atoms with Crippen LogP contribution in [0.2, 0.25) is 0 Å². The molecule has 0 radical (unpaired) electrons. The predicted octanol–water partition coefficient (Wildman–Crippen LogP) is 1.83. The molecule has 2 rings (SSSR count). The zero-order valence-corrected chi connectivity index (χ0v) is 12.4. The number of hydrogen-bond acceptors (Lipinski definition) is 3. The van der Waals surface area contributed by atoms with Crippen molar-refractivity contribution in [2.24, 2.45) is 5.92 Å². The Labute approximate surface area is 115 Å². The maximum atomic E-state index is 12.3. The molecule has 4 nitrogen and oxygen atoms in total. The Bertz CT molecular complexity index is 507. The third-order valence-electron chi connectivity index (χ3n) is 3.42. The van der Waals surface area contributed by atoms with E-state index in [2.05, 4.69) is 5.32 Å². The smallest absolute Gasteiger partial charge is 0.242 e. The molecule has 0 aliphatic heterocycles. The Morgan fingerprint density at radius 2 is 1.89 bits per heavy atom. The molecular formula is C14H22N2O2S. The molecule has 1 aromatic rings. The van der Waals surface area contributed by atoms with E-state index in [0.29, 0.717) is 17.4 Å². The lowest BCUT2D eigenvalue weighted by Gasteiger charge is -2.17. The van der Waals surface area contributed by atoms with Crippen molar-refractivity contribution in [3.8, 4) is 0 Å². The second-order valence-corrected chi connectivity index (χ2v) is 7.20. The standard InChI is InChI=1S/C14H22N2O2S/c1-3-15-10-12-6-8-14(9-7-12)19(17,18)16(2)11-13-4-5-13/h6-9,13,15H,3-5,10-11H2,1-2H3. The van der Waals surface area contributed by atoms with Crippen molar-refractivity contribution in [1.82, 2.24) is 9.62 Å². The fourth-order valence-corrected chi connectivity index (χ4v) is 3.24. The van der Waals surface area contributed by atoms with E-state index >= 15 is 0 Å². The first-order valence-electron chi connectivity index (χ1n) is 6.80. The summed E-state index contributed by atoms with van der Waals surface area (Å²) in [7, 11) is -1.65. The summed E-state index contributed by atoms with van der Waals surface area (Å²) < 4.78 is 26.1. The molecular weight excluding hydrogens is 260 g/mol. The predicted molar refractivity (Wildman–Crippen MR) is 76.4 cm³/mol. The first-order valence-corrected chi connectivity index (χ1v) is 8.24. The average Bonchev–Trinajstić information content (AvgIpc) is 3.20. The molecule has 0 bridgehead atoms. The third-order valence-corrected chi connectivity index (χ3v) is 5.26. The molecule has 1 aliphatic rings. The summed E-state index contributed by atoms with van der Waals surface area (Å²) in [6.45, 7) is 4.37. The van der Waals surface area contributed by atoms with E-state index in [1.807, 2.05) is 19.1 Å². The Balaban J connectivity index is 2.06. The number of nitrogens with one attached hydrogen (secondary N) is 1. The van der Waals surface area contributed by atoms with Crippen LogP contribution in [0.4, 0.5) is 0 Å². The molecule has 1 aliphatic carbocycles. The lowest BCUT2D eigenvalue weighted by molar-refractivity contribution is 0.453. The van der Waals surface area contributed by atoms with Gasteiger partial charge in [-0.05, 0) is 43.0 Å². The molecule has 0 aromatic heterocycles. The first-order chi connectivity index (χ1) is 9.04. The molecule has 0 unspecified atom stereocenters. The molecule has 1 N–H and O–H groups in total. The molecule has 1 aromatic carbocycles. The number of nitrogens with zero attached hydrogens (tertiary/aromatic N) is 1. The Morgan fingerprint density at radius 1 is 1.26 bits per heavy atom. The van der Waals surface area contributed by atoms with Crippen LogP contribution in [0.1, 0.15) is 25.3 Å². The van der Waals surface area contributed by atoms with E-state index in [4.69, 9.17) is 0 Å². The van der Waals surface area contributed by atoms with Crippen molar-refractivity contribution in [3.63, 3.8) is 0 Å². The van der Waals surface area contributed by atoms with Gasteiger partial charge in [0.25, 0.3) is 0 Å². The maximum Gasteiger partial charge on any atom is 0.242 e. The minimum Gasteiger partial charge on any atom is -0.313 e. The highest BCUT2D eigenvalue weighted by Crippen LogP contribution is 2.30. The van der Waals surface area contributed by atoms with Crippen LogP contribution in [0.25, 0.3) is 0 Å². The lowest BCUT2D eigenvalue weighted by Crippen LogP contribution is -2.28. The molecule has 0 amide bonds. The van der Waals surface area contributed by atoms with Crippen LogP contribution in [0, 0.1) is 5.92 Å². The normalized spacial score (nSPS) is 15.9. The summed E-state index contributed by atoms with van der Waals surface area (Å²) in [5.74, 6) is 0.563. The van der Waals surface area contributed by atoms with Gasteiger partial charge < -0.3 is 5.32 Å². The van der Waals surface area contributed by atoms with Crippen molar-refractivity contribution in [2.45, 2.75) is 31.2 Å². The number of hydrogen-bond donors (Lipinski definition) is 1. The van der Waals surface area contributed by atoms with Crippen molar-refractivity contribution in [1.29, 1.82) is 0 Å². The van der Waals surface area contributed by atoms with Gasteiger partial charge in [0.2, 0.25) is 10.0 Å². The van der Waals surface area contributed by atoms with Gasteiger partial charge in [-0.2, -0.15) is 0 Å². The first kappa shape index (κ1) is 14.5. The van der Waals surface area contributed by atoms with Gasteiger partial charge in [-0.25, -0.2) is 12.7 Å². The molecule has 1 fully saturated rings. The van der Waals surface area contributed by atoms with Crippen molar-refractivity contribution in [2.75, 3.05) is 20.1 Å². The Morgan fingerprint density at radius 3 is 2.42 bits per heavy atom. The van der Waals surface area contributed by atoms with Crippen molar-refractivity contribution >= 4 is 10.0 Å². The van der Waals surface area contributed by atoms with Crippen LogP contribution in [0.15, 0.2) is 29.2 Å². The molecule has 5 heteroatoms. The van der Waals surface area contributed by atoms with E-state index in [-0.39, 0.29) is 0 Å². The average molecular weight is 282 g/mol.